The molecule has 0 aliphatic rings. The van der Waals surface area contributed by atoms with Gasteiger partial charge in [-0.1, -0.05) is 0 Å². The number of ether oxygens (including phenoxy) is 2. The van der Waals surface area contributed by atoms with Crippen molar-refractivity contribution in [3.05, 3.63) is 34.4 Å². The van der Waals surface area contributed by atoms with Gasteiger partial charge in [-0.05, 0) is 0 Å². The molecule has 21 heavy (non-hydrogen) atoms. The van der Waals surface area contributed by atoms with E-state index in [-0.39, 0.29) is 5.69 Å². The number of nitro groups is 1. The van der Waals surface area contributed by atoms with E-state index in [9.17, 15) is 10.1 Å². The second-order valence-electron chi connectivity index (χ2n) is 4.19. The molecule has 9 heteroatoms. The number of hydrogen-bond donors (Lipinski definition) is 1. The van der Waals surface area contributed by atoms with Crippen molar-refractivity contribution < 1.29 is 14.4 Å². The lowest BCUT2D eigenvalue weighted by Gasteiger charge is -2.11. The average molecular weight is 293 g/mol. The van der Waals surface area contributed by atoms with Crippen LogP contribution in [0.15, 0.2) is 18.5 Å². The Morgan fingerprint density at radius 1 is 1.33 bits per heavy atom. The summed E-state index contributed by atoms with van der Waals surface area (Å²) < 4.78 is 11.9. The van der Waals surface area contributed by atoms with Crippen LogP contribution in [0.3, 0.4) is 0 Å². The van der Waals surface area contributed by atoms with Crippen molar-refractivity contribution in [3.8, 4) is 11.5 Å². The number of methoxy groups -OCH3 is 2. The van der Waals surface area contributed by atoms with Gasteiger partial charge >= 0.3 is 0 Å². The molecule has 0 atom stereocenters. The number of nitrogens with one attached hydrogen (secondary N) is 1. The van der Waals surface area contributed by atoms with Crippen LogP contribution in [0.5, 0.6) is 11.5 Å². The molecule has 0 fully saturated rings. The van der Waals surface area contributed by atoms with Crippen LogP contribution in [0.2, 0.25) is 0 Å². The average Bonchev–Trinajstić information content (AvgIpc) is 2.89. The first-order chi connectivity index (χ1) is 10.1. The van der Waals surface area contributed by atoms with Gasteiger partial charge in [0.05, 0.1) is 31.8 Å². The minimum Gasteiger partial charge on any atom is -0.493 e. The molecule has 0 saturated heterocycles. The molecule has 112 valence electrons. The maximum atomic E-state index is 11.2. The predicted molar refractivity (Wildman–Crippen MR) is 74.5 cm³/mol. The Morgan fingerprint density at radius 3 is 2.52 bits per heavy atom. The number of anilines is 1. The molecular formula is C12H15N5O4. The molecule has 0 unspecified atom stereocenters. The first kappa shape index (κ1) is 14.6. The van der Waals surface area contributed by atoms with Crippen LogP contribution in [0.4, 0.5) is 11.4 Å². The smallest absolute Gasteiger partial charge is 0.296 e. The fourth-order valence-electron chi connectivity index (χ4n) is 1.80. The summed E-state index contributed by atoms with van der Waals surface area (Å²) in [6.45, 7) is 0.298. The zero-order valence-electron chi connectivity index (χ0n) is 11.9. The molecule has 9 nitrogen and oxygen atoms in total. The van der Waals surface area contributed by atoms with Crippen LogP contribution in [-0.4, -0.2) is 33.9 Å². The monoisotopic (exact) mass is 293 g/mol. The highest BCUT2D eigenvalue weighted by Gasteiger charge is 2.19. The number of nitro benzene ring substituents is 1. The highest BCUT2D eigenvalue weighted by atomic mass is 16.6. The molecule has 0 saturated carbocycles. The van der Waals surface area contributed by atoms with Gasteiger partial charge < -0.3 is 19.4 Å². The lowest BCUT2D eigenvalue weighted by atomic mass is 10.2. The van der Waals surface area contributed by atoms with Crippen LogP contribution in [0.25, 0.3) is 0 Å². The SMILES string of the molecule is COc1cc(NCc2nncn2C)c([N+](=O)[O-])cc1OC. The molecule has 0 aliphatic carbocycles. The van der Waals surface area contributed by atoms with E-state index in [1.807, 2.05) is 0 Å². The summed E-state index contributed by atoms with van der Waals surface area (Å²) in [7, 11) is 4.68. The molecule has 1 N–H and O–H groups in total. The van der Waals surface area contributed by atoms with Gasteiger partial charge in [-0.3, -0.25) is 10.1 Å². The highest BCUT2D eigenvalue weighted by Crippen LogP contribution is 2.37. The molecule has 1 aromatic carbocycles. The molecule has 2 rings (SSSR count). The Kier molecular flexibility index (Phi) is 4.21. The van der Waals surface area contributed by atoms with E-state index < -0.39 is 4.92 Å². The molecule has 0 amide bonds. The van der Waals surface area contributed by atoms with Crippen molar-refractivity contribution >= 4 is 11.4 Å². The quantitative estimate of drug-likeness (QED) is 0.633. The second-order valence-corrected chi connectivity index (χ2v) is 4.19. The van der Waals surface area contributed by atoms with Crippen LogP contribution in [-0.2, 0) is 13.6 Å². The maximum absolute atomic E-state index is 11.2. The van der Waals surface area contributed by atoms with Gasteiger partial charge in [0.1, 0.15) is 12.0 Å². The number of nitrogens with zero attached hydrogens (tertiary/aromatic N) is 4. The minimum absolute atomic E-state index is 0.102. The first-order valence-corrected chi connectivity index (χ1v) is 6.04. The van der Waals surface area contributed by atoms with E-state index in [4.69, 9.17) is 9.47 Å². The Hall–Kier alpha value is -2.84. The normalized spacial score (nSPS) is 10.2. The first-order valence-electron chi connectivity index (χ1n) is 6.04. The van der Waals surface area contributed by atoms with Gasteiger partial charge in [0.2, 0.25) is 0 Å². The molecule has 0 bridgehead atoms. The summed E-state index contributed by atoms with van der Waals surface area (Å²) in [5, 5.41) is 21.8. The number of aromatic nitrogens is 3. The van der Waals surface area contributed by atoms with E-state index in [0.717, 1.165) is 0 Å². The minimum atomic E-state index is -0.485. The molecular weight excluding hydrogens is 278 g/mol. The fraction of sp³-hybridized carbons (Fsp3) is 0.333. The molecule has 1 heterocycles. The summed E-state index contributed by atoms with van der Waals surface area (Å²) in [4.78, 5) is 10.7. The summed E-state index contributed by atoms with van der Waals surface area (Å²) in [5.74, 6) is 1.36. The fourth-order valence-corrected chi connectivity index (χ4v) is 1.80. The van der Waals surface area contributed by atoms with Crippen LogP contribution in [0, 0.1) is 10.1 Å². The van der Waals surface area contributed by atoms with Crippen molar-refractivity contribution in [3.63, 3.8) is 0 Å². The van der Waals surface area contributed by atoms with Crippen LogP contribution < -0.4 is 14.8 Å². The second kappa shape index (κ2) is 6.07. The van der Waals surface area contributed by atoms with Gasteiger partial charge in [0.25, 0.3) is 5.69 Å². The van der Waals surface area contributed by atoms with Crippen LogP contribution >= 0.6 is 0 Å². The standard InChI is InChI=1S/C12H15N5O4/c1-16-7-14-15-12(16)6-13-8-4-10(20-2)11(21-3)5-9(8)17(18)19/h4-5,7,13H,6H2,1-3H3. The Balaban J connectivity index is 2.32. The molecule has 0 radical (unpaired) electrons. The van der Waals surface area contributed by atoms with Gasteiger partial charge in [-0.15, -0.1) is 10.2 Å². The zero-order chi connectivity index (χ0) is 15.4. The molecule has 1 aromatic heterocycles. The third-order valence-electron chi connectivity index (χ3n) is 2.94. The molecule has 0 aliphatic heterocycles. The number of hydrogen-bond acceptors (Lipinski definition) is 7. The largest absolute Gasteiger partial charge is 0.493 e. The van der Waals surface area contributed by atoms with Crippen molar-refractivity contribution in [2.24, 2.45) is 7.05 Å². The maximum Gasteiger partial charge on any atom is 0.296 e. The van der Waals surface area contributed by atoms with Gasteiger partial charge in [-0.25, -0.2) is 0 Å². The summed E-state index contributed by atoms with van der Waals surface area (Å²) in [6, 6.07) is 2.84. The topological polar surface area (TPSA) is 104 Å². The van der Waals surface area contributed by atoms with Crippen molar-refractivity contribution in [1.82, 2.24) is 14.8 Å². The lowest BCUT2D eigenvalue weighted by Crippen LogP contribution is -2.08. The van der Waals surface area contributed by atoms with Gasteiger partial charge in [0.15, 0.2) is 17.3 Å². The van der Waals surface area contributed by atoms with E-state index in [2.05, 4.69) is 15.5 Å². The summed E-state index contributed by atoms with van der Waals surface area (Å²) >= 11 is 0. The van der Waals surface area contributed by atoms with E-state index in [1.54, 1.807) is 17.9 Å². The van der Waals surface area contributed by atoms with E-state index in [0.29, 0.717) is 29.6 Å². The van der Waals surface area contributed by atoms with Crippen molar-refractivity contribution in [2.45, 2.75) is 6.54 Å². The summed E-state index contributed by atoms with van der Waals surface area (Å²) in [6.07, 6.45) is 1.56. The molecule has 2 aromatic rings. The van der Waals surface area contributed by atoms with Crippen LogP contribution in [0.1, 0.15) is 5.82 Å². The van der Waals surface area contributed by atoms with Crippen molar-refractivity contribution in [1.29, 1.82) is 0 Å². The van der Waals surface area contributed by atoms with E-state index >= 15 is 0 Å². The van der Waals surface area contributed by atoms with Crippen molar-refractivity contribution in [2.75, 3.05) is 19.5 Å². The third kappa shape index (κ3) is 3.02. The third-order valence-corrected chi connectivity index (χ3v) is 2.94. The predicted octanol–water partition coefficient (Wildman–Crippen LogP) is 1.35. The van der Waals surface area contributed by atoms with Gasteiger partial charge in [-0.2, -0.15) is 0 Å². The Morgan fingerprint density at radius 2 is 2.00 bits per heavy atom. The molecule has 0 spiro atoms. The number of rotatable bonds is 6. The highest BCUT2D eigenvalue weighted by molar-refractivity contribution is 5.68. The number of aryl methyl sites for hydroxylation is 1. The van der Waals surface area contributed by atoms with Gasteiger partial charge in [0, 0.05) is 13.1 Å². The summed E-state index contributed by atoms with van der Waals surface area (Å²) in [5.41, 5.74) is 0.218. The lowest BCUT2D eigenvalue weighted by molar-refractivity contribution is -0.384. The number of benzene rings is 1. The Bertz CT molecular complexity index is 655. The Labute approximate surface area is 120 Å². The van der Waals surface area contributed by atoms with E-state index in [1.165, 1.54) is 26.4 Å². The zero-order valence-corrected chi connectivity index (χ0v) is 11.9.